The molecular formula is C58H78ClFN10O8S2. The zero-order valence-electron chi connectivity index (χ0n) is 47.3. The molecule has 0 spiro atoms. The van der Waals surface area contributed by atoms with Crippen LogP contribution in [-0.2, 0) is 30.5 Å². The number of piperidine rings is 2. The number of anilines is 2. The first kappa shape index (κ1) is 60.5. The van der Waals surface area contributed by atoms with E-state index in [1.807, 2.05) is 58.0 Å². The van der Waals surface area contributed by atoms with Crippen LogP contribution < -0.4 is 30.9 Å². The van der Waals surface area contributed by atoms with Crippen LogP contribution >= 0.6 is 34.7 Å². The summed E-state index contributed by atoms with van der Waals surface area (Å²) >= 11 is 9.78. The summed E-state index contributed by atoms with van der Waals surface area (Å²) in [6.07, 6.45) is 7.18. The lowest BCUT2D eigenvalue weighted by Gasteiger charge is -2.40. The third-order valence-corrected chi connectivity index (χ3v) is 17.9. The number of β-amino-alcohol motifs (C(OH)–C–C–N with tert-alkyl or cyclic N) is 1. The molecule has 5 N–H and O–H groups in total. The van der Waals surface area contributed by atoms with E-state index in [2.05, 4.69) is 48.0 Å². The molecule has 434 valence electrons. The van der Waals surface area contributed by atoms with E-state index in [1.54, 1.807) is 44.7 Å². The number of benzene rings is 2. The Bertz CT molecular complexity index is 2840. The van der Waals surface area contributed by atoms with Crippen molar-refractivity contribution in [3.05, 3.63) is 70.6 Å². The highest BCUT2D eigenvalue weighted by molar-refractivity contribution is 7.99. The number of aromatic nitrogens is 3. The number of alkyl halides is 1. The number of hydrogen-bond donors (Lipinski definition) is 5. The minimum Gasteiger partial charge on any atom is -0.493 e. The molecule has 2 aromatic heterocycles. The molecule has 1 saturated carbocycles. The van der Waals surface area contributed by atoms with Crippen molar-refractivity contribution in [1.82, 2.24) is 40.7 Å². The van der Waals surface area contributed by atoms with E-state index in [0.29, 0.717) is 53.5 Å². The van der Waals surface area contributed by atoms with Crippen molar-refractivity contribution in [2.75, 3.05) is 62.6 Å². The van der Waals surface area contributed by atoms with Gasteiger partial charge in [0, 0.05) is 62.6 Å². The SMILES string of the molecule is Cc1ncsc1-c1ccc(CNC(=O)[C@@H]2C[C@@H](O)CN2C(=O)[C@@H](NC(=O)C2(F)CC2)C(C)(C)C)c(OCCC2CCN(CCC(=O)Nc3cccc(Sc4cnc(N5CCC(C)(CNC(=O)OC(C)(C)C)CC5)cn4)c3Cl)CC2)c1. The number of aliphatic hydroxyl groups is 1. The van der Waals surface area contributed by atoms with Gasteiger partial charge in [-0.1, -0.05) is 69.3 Å². The second-order valence-corrected chi connectivity index (χ2v) is 26.5. The zero-order chi connectivity index (χ0) is 57.6. The number of nitrogens with one attached hydrogen (secondary N) is 4. The summed E-state index contributed by atoms with van der Waals surface area (Å²) in [6, 6.07) is 9.31. The van der Waals surface area contributed by atoms with Crippen molar-refractivity contribution in [1.29, 1.82) is 0 Å². The average Bonchev–Trinajstić information content (AvgIpc) is 3.87. The quantitative estimate of drug-likeness (QED) is 0.0558. The predicted octanol–water partition coefficient (Wildman–Crippen LogP) is 8.97. The number of alkyl carbamates (subject to hydrolysis) is 1. The number of aryl methyl sites for hydroxylation is 1. The second kappa shape index (κ2) is 25.7. The number of halogens is 2. The molecule has 0 bridgehead atoms. The van der Waals surface area contributed by atoms with Gasteiger partial charge in [0.25, 0.3) is 5.91 Å². The Morgan fingerprint density at radius 2 is 1.70 bits per heavy atom. The van der Waals surface area contributed by atoms with Crippen LogP contribution in [0.15, 0.2) is 64.2 Å². The number of nitrogens with zero attached hydrogens (tertiary/aromatic N) is 6. The number of carbonyl (C=O) groups is 5. The van der Waals surface area contributed by atoms with E-state index < -0.39 is 58.7 Å². The van der Waals surface area contributed by atoms with Crippen molar-refractivity contribution < 1.29 is 42.9 Å². The number of likely N-dealkylation sites (tertiary alicyclic amines) is 2. The van der Waals surface area contributed by atoms with Crippen molar-refractivity contribution in [2.24, 2.45) is 16.7 Å². The van der Waals surface area contributed by atoms with Gasteiger partial charge in [0.05, 0.1) is 51.9 Å². The van der Waals surface area contributed by atoms with Crippen LogP contribution in [0.5, 0.6) is 5.75 Å². The number of amides is 5. The molecule has 22 heteroatoms. The molecule has 5 amide bonds. The van der Waals surface area contributed by atoms with Crippen LogP contribution in [0.25, 0.3) is 10.4 Å². The van der Waals surface area contributed by atoms with Gasteiger partial charge in [-0.15, -0.1) is 11.3 Å². The largest absolute Gasteiger partial charge is 0.493 e. The maximum Gasteiger partial charge on any atom is 0.407 e. The molecule has 4 aliphatic rings. The number of ether oxygens (including phenoxy) is 2. The van der Waals surface area contributed by atoms with E-state index in [-0.39, 0.29) is 43.7 Å². The number of rotatable bonds is 20. The standard InChI is InChI=1S/C58H78ClFN10O8S2/c1-36-49(79-35-65-36)38-12-13-39(30-63-51(73)42-29-40(71)33-70(42)52(74)50(55(2,3)4)67-53(75)58(60)18-19-58)43(28-38)77-27-17-37-14-22-68(23-15-37)24-16-46(72)66-41-10-9-11-44(48(41)59)80-47-32-61-45(31-62-47)69-25-20-57(8,21-26-69)34-64-54(76)78-56(5,6)7/h9-13,28,31-32,35,37,40,42,50,71H,14-27,29-30,33-34H2,1-8H3,(H,63,73)(H,64,76)(H,66,72)(H,67,75)/t40-,42+,50-/m1/s1. The second-order valence-electron chi connectivity index (χ2n) is 24.2. The Morgan fingerprint density at radius 1 is 0.963 bits per heavy atom. The Hall–Kier alpha value is -5.61. The minimum atomic E-state index is -1.98. The Labute approximate surface area is 482 Å². The average molecular weight is 1160 g/mol. The highest BCUT2D eigenvalue weighted by Gasteiger charge is 2.53. The van der Waals surface area contributed by atoms with Crippen LogP contribution in [0, 0.1) is 23.7 Å². The molecular weight excluding hydrogens is 1080 g/mol. The molecule has 4 aromatic rings. The fourth-order valence-corrected chi connectivity index (χ4v) is 12.1. The molecule has 18 nitrogen and oxygen atoms in total. The van der Waals surface area contributed by atoms with Crippen molar-refractivity contribution >= 4 is 75.9 Å². The molecule has 4 fully saturated rings. The van der Waals surface area contributed by atoms with E-state index in [9.17, 15) is 33.5 Å². The summed E-state index contributed by atoms with van der Waals surface area (Å²) in [5.74, 6) is -0.131. The Balaban J connectivity index is 0.778. The van der Waals surface area contributed by atoms with Crippen LogP contribution in [-0.4, -0.2) is 141 Å². The third kappa shape index (κ3) is 16.1. The Morgan fingerprint density at radius 3 is 2.35 bits per heavy atom. The molecule has 3 aliphatic heterocycles. The van der Waals surface area contributed by atoms with Gasteiger partial charge in [-0.05, 0) is 126 Å². The molecule has 8 rings (SSSR count). The molecule has 5 heterocycles. The maximum absolute atomic E-state index is 14.7. The van der Waals surface area contributed by atoms with Crippen LogP contribution in [0.4, 0.5) is 20.7 Å². The van der Waals surface area contributed by atoms with E-state index >= 15 is 0 Å². The molecule has 1 aliphatic carbocycles. The maximum atomic E-state index is 14.7. The summed E-state index contributed by atoms with van der Waals surface area (Å²) in [5.41, 5.74) is 1.55. The summed E-state index contributed by atoms with van der Waals surface area (Å²) < 4.78 is 26.6. The molecule has 0 radical (unpaired) electrons. The zero-order valence-corrected chi connectivity index (χ0v) is 49.7. The molecule has 80 heavy (non-hydrogen) atoms. The van der Waals surface area contributed by atoms with Crippen molar-refractivity contribution in [2.45, 2.75) is 159 Å². The highest BCUT2D eigenvalue weighted by atomic mass is 35.5. The van der Waals surface area contributed by atoms with Crippen molar-refractivity contribution in [3.8, 4) is 16.2 Å². The van der Waals surface area contributed by atoms with Crippen LogP contribution in [0.2, 0.25) is 5.02 Å². The summed E-state index contributed by atoms with van der Waals surface area (Å²) in [6.45, 7) is 19.9. The van der Waals surface area contributed by atoms with E-state index in [4.69, 9.17) is 26.1 Å². The smallest absolute Gasteiger partial charge is 0.407 e. The minimum absolute atomic E-state index is 0.0220. The van der Waals surface area contributed by atoms with Gasteiger partial charge in [-0.2, -0.15) is 0 Å². The summed E-state index contributed by atoms with van der Waals surface area (Å²) in [5, 5.41) is 23.3. The van der Waals surface area contributed by atoms with Crippen molar-refractivity contribution in [3.63, 3.8) is 0 Å². The van der Waals surface area contributed by atoms with Crippen LogP contribution in [0.1, 0.15) is 118 Å². The highest BCUT2D eigenvalue weighted by Crippen LogP contribution is 2.41. The van der Waals surface area contributed by atoms with Gasteiger partial charge < -0.3 is 50.5 Å². The number of carbonyl (C=O) groups excluding carboxylic acids is 5. The first-order chi connectivity index (χ1) is 37.8. The third-order valence-electron chi connectivity index (χ3n) is 15.4. The van der Waals surface area contributed by atoms with Gasteiger partial charge >= 0.3 is 6.09 Å². The number of hydrogen-bond acceptors (Lipinski definition) is 15. The predicted molar refractivity (Wildman–Crippen MR) is 309 cm³/mol. The van der Waals surface area contributed by atoms with Gasteiger partial charge in [0.1, 0.15) is 34.3 Å². The number of thiazole rings is 1. The van der Waals surface area contributed by atoms with Gasteiger partial charge in [-0.25, -0.2) is 24.1 Å². The lowest BCUT2D eigenvalue weighted by molar-refractivity contribution is -0.145. The topological polar surface area (TPSA) is 221 Å². The number of aliphatic hydroxyl groups excluding tert-OH is 1. The first-order valence-electron chi connectivity index (χ1n) is 27.8. The summed E-state index contributed by atoms with van der Waals surface area (Å²) in [7, 11) is 0. The fourth-order valence-electron chi connectivity index (χ4n) is 10.3. The van der Waals surface area contributed by atoms with Gasteiger partial charge in [-0.3, -0.25) is 19.2 Å². The monoisotopic (exact) mass is 1160 g/mol. The lowest BCUT2D eigenvalue weighted by atomic mass is 9.80. The summed E-state index contributed by atoms with van der Waals surface area (Å²) in [4.78, 5) is 87.6. The normalized spacial score (nSPS) is 19.7. The van der Waals surface area contributed by atoms with Gasteiger partial charge in [0.2, 0.25) is 17.7 Å². The van der Waals surface area contributed by atoms with E-state index in [0.717, 1.165) is 90.7 Å². The first-order valence-corrected chi connectivity index (χ1v) is 29.9. The van der Waals surface area contributed by atoms with Crippen LogP contribution in [0.3, 0.4) is 0 Å². The Kier molecular flexibility index (Phi) is 19.4. The van der Waals surface area contributed by atoms with Gasteiger partial charge in [0.15, 0.2) is 5.67 Å². The van der Waals surface area contributed by atoms with E-state index in [1.165, 1.54) is 28.0 Å². The lowest BCUT2D eigenvalue weighted by Crippen LogP contribution is -2.59. The molecule has 2 aromatic carbocycles. The molecule has 3 atom stereocenters. The fraction of sp³-hybridized carbons (Fsp3) is 0.586. The molecule has 3 saturated heterocycles. The molecule has 0 unspecified atom stereocenters.